The van der Waals surface area contributed by atoms with E-state index in [1.807, 2.05) is 0 Å². The fraction of sp³-hybridized carbons (Fsp3) is 0.538. The molecule has 0 unspecified atom stereocenters. The SMILES string of the molecule is CCOC(=O)c1cnc(Cl)cc1NC1CC(CO)C1. The number of anilines is 1. The van der Waals surface area contributed by atoms with E-state index < -0.39 is 5.97 Å². The summed E-state index contributed by atoms with van der Waals surface area (Å²) in [5, 5.41) is 12.6. The van der Waals surface area contributed by atoms with Crippen LogP contribution >= 0.6 is 11.6 Å². The number of aliphatic hydroxyl groups is 1. The molecule has 1 aliphatic carbocycles. The second-order valence-corrected chi connectivity index (χ2v) is 5.02. The first kappa shape index (κ1) is 14.1. The second kappa shape index (κ2) is 6.21. The number of ether oxygens (including phenoxy) is 1. The molecule has 0 saturated heterocycles. The van der Waals surface area contributed by atoms with E-state index in [0.717, 1.165) is 12.8 Å². The molecule has 1 aromatic rings. The molecule has 0 atom stereocenters. The Bertz CT molecular complexity index is 461. The average Bonchev–Trinajstić information content (AvgIpc) is 2.33. The molecule has 19 heavy (non-hydrogen) atoms. The van der Waals surface area contributed by atoms with Crippen molar-refractivity contribution in [2.24, 2.45) is 5.92 Å². The highest BCUT2D eigenvalue weighted by Crippen LogP contribution is 2.31. The van der Waals surface area contributed by atoms with Crippen LogP contribution < -0.4 is 5.32 Å². The first-order valence-corrected chi connectivity index (χ1v) is 6.71. The minimum atomic E-state index is -0.410. The maximum atomic E-state index is 11.8. The third-order valence-electron chi connectivity index (χ3n) is 3.22. The van der Waals surface area contributed by atoms with Crippen molar-refractivity contribution < 1.29 is 14.6 Å². The Morgan fingerprint density at radius 2 is 2.37 bits per heavy atom. The zero-order valence-electron chi connectivity index (χ0n) is 10.7. The molecule has 0 spiro atoms. The Kier molecular flexibility index (Phi) is 4.61. The maximum Gasteiger partial charge on any atom is 0.341 e. The molecule has 0 bridgehead atoms. The van der Waals surface area contributed by atoms with Crippen molar-refractivity contribution in [3.8, 4) is 0 Å². The molecular weight excluding hydrogens is 268 g/mol. The first-order chi connectivity index (χ1) is 9.13. The van der Waals surface area contributed by atoms with Crippen LogP contribution in [0.5, 0.6) is 0 Å². The van der Waals surface area contributed by atoms with Gasteiger partial charge >= 0.3 is 5.97 Å². The van der Waals surface area contributed by atoms with Gasteiger partial charge in [0.05, 0.1) is 12.3 Å². The lowest BCUT2D eigenvalue weighted by Gasteiger charge is -2.35. The number of hydrogen-bond acceptors (Lipinski definition) is 5. The van der Waals surface area contributed by atoms with E-state index in [1.54, 1.807) is 13.0 Å². The van der Waals surface area contributed by atoms with Crippen LogP contribution in [0.4, 0.5) is 5.69 Å². The van der Waals surface area contributed by atoms with Crippen molar-refractivity contribution in [2.75, 3.05) is 18.5 Å². The van der Waals surface area contributed by atoms with Crippen molar-refractivity contribution in [2.45, 2.75) is 25.8 Å². The summed E-state index contributed by atoms with van der Waals surface area (Å²) in [5.74, 6) is -0.0620. The van der Waals surface area contributed by atoms with Crippen LogP contribution in [0.25, 0.3) is 0 Å². The van der Waals surface area contributed by atoms with Crippen LogP contribution in [0.1, 0.15) is 30.1 Å². The topological polar surface area (TPSA) is 71.5 Å². The molecule has 1 saturated carbocycles. The molecule has 1 aliphatic rings. The molecule has 0 radical (unpaired) electrons. The second-order valence-electron chi connectivity index (χ2n) is 4.63. The summed E-state index contributed by atoms with van der Waals surface area (Å²) in [6, 6.07) is 1.88. The maximum absolute atomic E-state index is 11.8. The summed E-state index contributed by atoms with van der Waals surface area (Å²) in [4.78, 5) is 15.7. The lowest BCUT2D eigenvalue weighted by atomic mass is 9.81. The lowest BCUT2D eigenvalue weighted by Crippen LogP contribution is -2.37. The number of nitrogens with one attached hydrogen (secondary N) is 1. The molecule has 104 valence electrons. The van der Waals surface area contributed by atoms with Gasteiger partial charge in [-0.05, 0) is 31.7 Å². The van der Waals surface area contributed by atoms with Crippen molar-refractivity contribution in [3.05, 3.63) is 23.0 Å². The molecule has 2 rings (SSSR count). The Hall–Kier alpha value is -1.33. The van der Waals surface area contributed by atoms with E-state index in [9.17, 15) is 4.79 Å². The molecular formula is C13H17ClN2O3. The van der Waals surface area contributed by atoms with Crippen LogP contribution in [0.15, 0.2) is 12.3 Å². The summed E-state index contributed by atoms with van der Waals surface area (Å²) in [5.41, 5.74) is 1.03. The van der Waals surface area contributed by atoms with Crippen LogP contribution in [0, 0.1) is 5.92 Å². The van der Waals surface area contributed by atoms with Crippen molar-refractivity contribution in [1.82, 2.24) is 4.98 Å². The highest BCUT2D eigenvalue weighted by Gasteiger charge is 2.29. The number of carbonyl (C=O) groups is 1. The average molecular weight is 285 g/mol. The smallest absolute Gasteiger partial charge is 0.341 e. The zero-order chi connectivity index (χ0) is 13.8. The first-order valence-electron chi connectivity index (χ1n) is 6.34. The Morgan fingerprint density at radius 3 is 3.00 bits per heavy atom. The van der Waals surface area contributed by atoms with Gasteiger partial charge in [-0.25, -0.2) is 9.78 Å². The molecule has 1 aromatic heterocycles. The summed E-state index contributed by atoms with van der Waals surface area (Å²) in [7, 11) is 0. The number of rotatable bonds is 5. The number of aliphatic hydroxyl groups excluding tert-OH is 1. The number of pyridine rings is 1. The summed E-state index contributed by atoms with van der Waals surface area (Å²) < 4.78 is 4.98. The summed E-state index contributed by atoms with van der Waals surface area (Å²) >= 11 is 5.86. The number of carbonyl (C=O) groups excluding carboxylic acids is 1. The fourth-order valence-electron chi connectivity index (χ4n) is 2.14. The molecule has 5 nitrogen and oxygen atoms in total. The number of hydrogen-bond donors (Lipinski definition) is 2. The number of nitrogens with zero attached hydrogens (tertiary/aromatic N) is 1. The number of halogens is 1. The van der Waals surface area contributed by atoms with Gasteiger partial charge in [0, 0.05) is 18.8 Å². The minimum Gasteiger partial charge on any atom is -0.462 e. The predicted molar refractivity (Wildman–Crippen MR) is 72.4 cm³/mol. The van der Waals surface area contributed by atoms with E-state index in [-0.39, 0.29) is 12.6 Å². The monoisotopic (exact) mass is 284 g/mol. The van der Waals surface area contributed by atoms with E-state index in [1.165, 1.54) is 6.20 Å². The largest absolute Gasteiger partial charge is 0.462 e. The highest BCUT2D eigenvalue weighted by atomic mass is 35.5. The van der Waals surface area contributed by atoms with Crippen LogP contribution in [0.3, 0.4) is 0 Å². The van der Waals surface area contributed by atoms with Crippen molar-refractivity contribution in [3.63, 3.8) is 0 Å². The quantitative estimate of drug-likeness (QED) is 0.640. The Morgan fingerprint density at radius 1 is 1.63 bits per heavy atom. The lowest BCUT2D eigenvalue weighted by molar-refractivity contribution is 0.0526. The summed E-state index contributed by atoms with van der Waals surface area (Å²) in [6.45, 7) is 2.28. The number of aromatic nitrogens is 1. The van der Waals surface area contributed by atoms with Gasteiger partial charge < -0.3 is 15.2 Å². The number of esters is 1. The Balaban J connectivity index is 2.09. The van der Waals surface area contributed by atoms with E-state index in [2.05, 4.69) is 10.3 Å². The third kappa shape index (κ3) is 3.36. The molecule has 1 heterocycles. The normalized spacial score (nSPS) is 21.6. The molecule has 0 aliphatic heterocycles. The fourth-order valence-corrected chi connectivity index (χ4v) is 2.30. The third-order valence-corrected chi connectivity index (χ3v) is 3.43. The molecule has 6 heteroatoms. The van der Waals surface area contributed by atoms with Gasteiger partial charge in [0.15, 0.2) is 0 Å². The molecule has 0 amide bonds. The van der Waals surface area contributed by atoms with Gasteiger partial charge in [-0.2, -0.15) is 0 Å². The highest BCUT2D eigenvalue weighted by molar-refractivity contribution is 6.29. The van der Waals surface area contributed by atoms with Crippen LogP contribution in [0.2, 0.25) is 5.15 Å². The van der Waals surface area contributed by atoms with Crippen molar-refractivity contribution >= 4 is 23.3 Å². The van der Waals surface area contributed by atoms with E-state index in [0.29, 0.717) is 28.9 Å². The standard InChI is InChI=1S/C13H17ClN2O3/c1-2-19-13(18)10-6-15-12(14)5-11(10)16-9-3-8(4-9)7-17/h5-6,8-9,17H,2-4,7H2,1H3,(H,15,16). The van der Waals surface area contributed by atoms with E-state index in [4.69, 9.17) is 21.4 Å². The molecule has 1 fully saturated rings. The van der Waals surface area contributed by atoms with Gasteiger partial charge in [0.25, 0.3) is 0 Å². The van der Waals surface area contributed by atoms with Crippen LogP contribution in [-0.4, -0.2) is 35.3 Å². The van der Waals surface area contributed by atoms with Crippen LogP contribution in [-0.2, 0) is 4.74 Å². The van der Waals surface area contributed by atoms with Gasteiger partial charge in [-0.1, -0.05) is 11.6 Å². The zero-order valence-corrected chi connectivity index (χ0v) is 11.5. The van der Waals surface area contributed by atoms with Crippen molar-refractivity contribution in [1.29, 1.82) is 0 Å². The predicted octanol–water partition coefficient (Wildman–Crippen LogP) is 2.09. The Labute approximate surface area is 116 Å². The molecule has 2 N–H and O–H groups in total. The van der Waals surface area contributed by atoms with Gasteiger partial charge in [0.2, 0.25) is 0 Å². The molecule has 0 aromatic carbocycles. The van der Waals surface area contributed by atoms with Gasteiger partial charge in [0.1, 0.15) is 10.7 Å². The van der Waals surface area contributed by atoms with Gasteiger partial charge in [-0.15, -0.1) is 0 Å². The minimum absolute atomic E-state index is 0.208. The van der Waals surface area contributed by atoms with E-state index >= 15 is 0 Å². The van der Waals surface area contributed by atoms with Gasteiger partial charge in [-0.3, -0.25) is 0 Å². The summed E-state index contributed by atoms with van der Waals surface area (Å²) in [6.07, 6.45) is 3.20.